The standard InChI is InChI=1S/C20H24FN3O2/c1-15-6-5-9-22-18(15)14-23-10-12-24(13-11-23)20(25)16(2)26-19-8-4-3-7-17(19)21/h3-9,16H,10-14H2,1-2H3/t16-/m0/s1. The van der Waals surface area contributed by atoms with Gasteiger partial charge in [0.1, 0.15) is 0 Å². The van der Waals surface area contributed by atoms with Crippen LogP contribution in [-0.2, 0) is 11.3 Å². The van der Waals surface area contributed by atoms with Crippen LogP contribution in [0.3, 0.4) is 0 Å². The number of hydrogen-bond donors (Lipinski definition) is 0. The molecule has 1 aromatic carbocycles. The quantitative estimate of drug-likeness (QED) is 0.825. The zero-order valence-electron chi connectivity index (χ0n) is 15.2. The van der Waals surface area contributed by atoms with E-state index in [2.05, 4.69) is 22.9 Å². The highest BCUT2D eigenvalue weighted by Crippen LogP contribution is 2.18. The molecule has 0 unspecified atom stereocenters. The Morgan fingerprint density at radius 2 is 1.92 bits per heavy atom. The van der Waals surface area contributed by atoms with Gasteiger partial charge in [-0.15, -0.1) is 0 Å². The fourth-order valence-electron chi connectivity index (χ4n) is 3.06. The number of aromatic nitrogens is 1. The van der Waals surface area contributed by atoms with Crippen molar-refractivity contribution in [1.29, 1.82) is 0 Å². The van der Waals surface area contributed by atoms with Gasteiger partial charge in [-0.25, -0.2) is 4.39 Å². The molecule has 0 bridgehead atoms. The lowest BCUT2D eigenvalue weighted by Crippen LogP contribution is -2.51. The number of piperazine rings is 1. The molecule has 2 heterocycles. The second-order valence-corrected chi connectivity index (χ2v) is 6.56. The largest absolute Gasteiger partial charge is 0.478 e. The third-order valence-electron chi connectivity index (χ3n) is 4.66. The monoisotopic (exact) mass is 357 g/mol. The molecule has 0 radical (unpaired) electrons. The third-order valence-corrected chi connectivity index (χ3v) is 4.66. The zero-order chi connectivity index (χ0) is 18.5. The SMILES string of the molecule is Cc1cccnc1CN1CCN(C(=O)[C@H](C)Oc2ccccc2F)CC1. The van der Waals surface area contributed by atoms with Gasteiger partial charge in [0.25, 0.3) is 5.91 Å². The van der Waals surface area contributed by atoms with Gasteiger partial charge in [0.15, 0.2) is 17.7 Å². The summed E-state index contributed by atoms with van der Waals surface area (Å²) >= 11 is 0. The van der Waals surface area contributed by atoms with Crippen LogP contribution >= 0.6 is 0 Å². The van der Waals surface area contributed by atoms with Gasteiger partial charge in [0, 0.05) is 38.9 Å². The van der Waals surface area contributed by atoms with Crippen molar-refractivity contribution in [3.8, 4) is 5.75 Å². The molecule has 1 aliphatic rings. The summed E-state index contributed by atoms with van der Waals surface area (Å²) in [5.74, 6) is -0.456. The molecule has 3 rings (SSSR count). The van der Waals surface area contributed by atoms with Crippen molar-refractivity contribution in [2.24, 2.45) is 0 Å². The number of ether oxygens (including phenoxy) is 1. The van der Waals surface area contributed by atoms with Gasteiger partial charge in [0.2, 0.25) is 0 Å². The molecule has 2 aromatic rings. The van der Waals surface area contributed by atoms with Crippen LogP contribution in [0.15, 0.2) is 42.6 Å². The maximum absolute atomic E-state index is 13.7. The van der Waals surface area contributed by atoms with Crippen LogP contribution in [0.4, 0.5) is 4.39 Å². The molecule has 1 saturated heterocycles. The first-order valence-electron chi connectivity index (χ1n) is 8.87. The molecule has 1 atom stereocenters. The topological polar surface area (TPSA) is 45.7 Å². The summed E-state index contributed by atoms with van der Waals surface area (Å²) in [6.45, 7) is 7.35. The minimum Gasteiger partial charge on any atom is -0.478 e. The highest BCUT2D eigenvalue weighted by molar-refractivity contribution is 5.81. The lowest BCUT2D eigenvalue weighted by Gasteiger charge is -2.35. The second-order valence-electron chi connectivity index (χ2n) is 6.56. The Hall–Kier alpha value is -2.47. The van der Waals surface area contributed by atoms with Crippen molar-refractivity contribution in [2.75, 3.05) is 26.2 Å². The van der Waals surface area contributed by atoms with Crippen LogP contribution < -0.4 is 4.74 Å². The number of halogens is 1. The predicted octanol–water partition coefficient (Wildman–Crippen LogP) is 2.64. The van der Waals surface area contributed by atoms with Crippen LogP contribution in [0, 0.1) is 12.7 Å². The first-order valence-corrected chi connectivity index (χ1v) is 8.87. The number of rotatable bonds is 5. The van der Waals surface area contributed by atoms with E-state index in [1.165, 1.54) is 17.7 Å². The number of carbonyl (C=O) groups is 1. The first kappa shape index (κ1) is 18.3. The van der Waals surface area contributed by atoms with E-state index in [1.807, 2.05) is 12.3 Å². The number of aryl methyl sites for hydroxylation is 1. The molecule has 0 spiro atoms. The van der Waals surface area contributed by atoms with Crippen LogP contribution in [0.5, 0.6) is 5.75 Å². The summed E-state index contributed by atoms with van der Waals surface area (Å²) in [4.78, 5) is 21.1. The predicted molar refractivity (Wildman–Crippen MR) is 97.3 cm³/mol. The Morgan fingerprint density at radius 3 is 2.62 bits per heavy atom. The number of amides is 1. The van der Waals surface area contributed by atoms with Crippen molar-refractivity contribution in [1.82, 2.24) is 14.8 Å². The molecule has 0 aliphatic carbocycles. The Morgan fingerprint density at radius 1 is 1.19 bits per heavy atom. The second kappa shape index (κ2) is 8.27. The van der Waals surface area contributed by atoms with Crippen molar-refractivity contribution in [3.63, 3.8) is 0 Å². The number of para-hydroxylation sites is 1. The summed E-state index contributed by atoms with van der Waals surface area (Å²) in [6, 6.07) is 10.1. The molecule has 0 N–H and O–H groups in total. The van der Waals surface area contributed by atoms with Crippen molar-refractivity contribution in [3.05, 3.63) is 59.7 Å². The summed E-state index contributed by atoms with van der Waals surface area (Å²) in [5, 5.41) is 0. The molecule has 1 aromatic heterocycles. The summed E-state index contributed by atoms with van der Waals surface area (Å²) in [7, 11) is 0. The Balaban J connectivity index is 1.52. The fraction of sp³-hybridized carbons (Fsp3) is 0.400. The minimum atomic E-state index is -0.712. The van der Waals surface area contributed by atoms with E-state index in [9.17, 15) is 9.18 Å². The van der Waals surface area contributed by atoms with E-state index in [0.717, 1.165) is 25.3 Å². The van der Waals surface area contributed by atoms with E-state index in [0.29, 0.717) is 13.1 Å². The van der Waals surface area contributed by atoms with Gasteiger partial charge in [-0.2, -0.15) is 0 Å². The average Bonchev–Trinajstić information content (AvgIpc) is 2.65. The Labute approximate surface area is 153 Å². The molecule has 26 heavy (non-hydrogen) atoms. The number of pyridine rings is 1. The molecule has 138 valence electrons. The highest BCUT2D eigenvalue weighted by atomic mass is 19.1. The van der Waals surface area contributed by atoms with E-state index >= 15 is 0 Å². The van der Waals surface area contributed by atoms with Crippen molar-refractivity contribution < 1.29 is 13.9 Å². The number of hydrogen-bond acceptors (Lipinski definition) is 4. The van der Waals surface area contributed by atoms with E-state index in [4.69, 9.17) is 4.74 Å². The van der Waals surface area contributed by atoms with E-state index in [-0.39, 0.29) is 11.7 Å². The van der Waals surface area contributed by atoms with Gasteiger partial charge < -0.3 is 9.64 Å². The third kappa shape index (κ3) is 4.38. The molecule has 1 amide bonds. The average molecular weight is 357 g/mol. The zero-order valence-corrected chi connectivity index (χ0v) is 15.2. The first-order chi connectivity index (χ1) is 12.5. The van der Waals surface area contributed by atoms with Crippen molar-refractivity contribution >= 4 is 5.91 Å². The molecular formula is C20H24FN3O2. The number of benzene rings is 1. The van der Waals surface area contributed by atoms with Gasteiger partial charge in [-0.3, -0.25) is 14.7 Å². The van der Waals surface area contributed by atoms with Gasteiger partial charge in [0.05, 0.1) is 5.69 Å². The molecule has 1 fully saturated rings. The van der Waals surface area contributed by atoms with E-state index in [1.54, 1.807) is 24.0 Å². The normalized spacial score (nSPS) is 16.3. The highest BCUT2D eigenvalue weighted by Gasteiger charge is 2.26. The van der Waals surface area contributed by atoms with Crippen LogP contribution in [-0.4, -0.2) is 53.0 Å². The molecule has 0 saturated carbocycles. The lowest BCUT2D eigenvalue weighted by atomic mass is 10.2. The molecule has 5 nitrogen and oxygen atoms in total. The Kier molecular flexibility index (Phi) is 5.83. The van der Waals surface area contributed by atoms with Gasteiger partial charge in [-0.1, -0.05) is 18.2 Å². The maximum atomic E-state index is 13.7. The van der Waals surface area contributed by atoms with E-state index < -0.39 is 11.9 Å². The summed E-state index contributed by atoms with van der Waals surface area (Å²) in [6.07, 6.45) is 1.10. The smallest absolute Gasteiger partial charge is 0.263 e. The number of nitrogens with zero attached hydrogens (tertiary/aromatic N) is 3. The van der Waals surface area contributed by atoms with Crippen LogP contribution in [0.1, 0.15) is 18.2 Å². The van der Waals surface area contributed by atoms with Crippen molar-refractivity contribution in [2.45, 2.75) is 26.5 Å². The summed E-state index contributed by atoms with van der Waals surface area (Å²) < 4.78 is 19.2. The van der Waals surface area contributed by atoms with Gasteiger partial charge in [-0.05, 0) is 37.6 Å². The van der Waals surface area contributed by atoms with Crippen LogP contribution in [0.25, 0.3) is 0 Å². The molecule has 6 heteroatoms. The van der Waals surface area contributed by atoms with Crippen LogP contribution in [0.2, 0.25) is 0 Å². The molecule has 1 aliphatic heterocycles. The minimum absolute atomic E-state index is 0.109. The summed E-state index contributed by atoms with van der Waals surface area (Å²) in [5.41, 5.74) is 2.25. The lowest BCUT2D eigenvalue weighted by molar-refractivity contribution is -0.139. The maximum Gasteiger partial charge on any atom is 0.263 e. The fourth-order valence-corrected chi connectivity index (χ4v) is 3.06. The molecular weight excluding hydrogens is 333 g/mol. The Bertz CT molecular complexity index is 760. The number of carbonyl (C=O) groups excluding carboxylic acids is 1. The van der Waals surface area contributed by atoms with Gasteiger partial charge >= 0.3 is 0 Å².